The molecular weight excluding hydrogens is 162 g/mol. The van der Waals surface area contributed by atoms with E-state index in [1.165, 1.54) is 25.7 Å². The van der Waals surface area contributed by atoms with Crippen molar-refractivity contribution in [2.45, 2.75) is 31.1 Å². The fourth-order valence-corrected chi connectivity index (χ4v) is 1.58. The van der Waals surface area contributed by atoms with Gasteiger partial charge in [-0.3, -0.25) is 0 Å². The summed E-state index contributed by atoms with van der Waals surface area (Å²) in [6.45, 7) is 0. The number of oxazole rings is 1. The van der Waals surface area contributed by atoms with Gasteiger partial charge in [-0.05, 0) is 12.8 Å². The number of hydrogen-bond donors (Lipinski definition) is 0. The van der Waals surface area contributed by atoms with Crippen LogP contribution in [0.1, 0.15) is 36.6 Å². The quantitative estimate of drug-likeness (QED) is 0.640. The van der Waals surface area contributed by atoms with Crippen molar-refractivity contribution in [3.05, 3.63) is 17.8 Å². The number of hydrogen-bond acceptors (Lipinski definition) is 2. The molecule has 0 amide bonds. The number of rotatable bonds is 2. The first-order valence-corrected chi connectivity index (χ1v) is 4.43. The molecule has 60 valence electrons. The van der Waals surface area contributed by atoms with Crippen molar-refractivity contribution >= 4 is 11.6 Å². The minimum atomic E-state index is 0.475. The number of halogens is 1. The highest BCUT2D eigenvalue weighted by molar-refractivity contribution is 6.16. The molecule has 0 atom stereocenters. The van der Waals surface area contributed by atoms with E-state index in [-0.39, 0.29) is 0 Å². The third kappa shape index (κ3) is 1.16. The van der Waals surface area contributed by atoms with Crippen LogP contribution in [0.3, 0.4) is 0 Å². The lowest BCUT2D eigenvalue weighted by Crippen LogP contribution is -2.09. The first-order valence-electron chi connectivity index (χ1n) is 3.90. The van der Waals surface area contributed by atoms with E-state index in [1.807, 2.05) is 0 Å². The van der Waals surface area contributed by atoms with Gasteiger partial charge in [-0.2, -0.15) is 0 Å². The van der Waals surface area contributed by atoms with Crippen LogP contribution in [0.25, 0.3) is 0 Å². The summed E-state index contributed by atoms with van der Waals surface area (Å²) in [6, 6.07) is 0. The molecule has 0 aromatic carbocycles. The predicted octanol–water partition coefficient (Wildman–Crippen LogP) is 2.68. The highest BCUT2D eigenvalue weighted by Gasteiger charge is 2.25. The van der Waals surface area contributed by atoms with E-state index in [1.54, 1.807) is 0 Å². The number of nitrogens with zero attached hydrogens (tertiary/aromatic N) is 1. The molecule has 1 aliphatic carbocycles. The molecule has 0 aliphatic heterocycles. The van der Waals surface area contributed by atoms with E-state index in [2.05, 4.69) is 4.98 Å². The van der Waals surface area contributed by atoms with Crippen LogP contribution in [0.15, 0.2) is 10.8 Å². The van der Waals surface area contributed by atoms with Crippen molar-refractivity contribution in [3.8, 4) is 0 Å². The molecule has 3 heteroatoms. The zero-order valence-electron chi connectivity index (χ0n) is 6.22. The largest absolute Gasteiger partial charge is 0.448 e. The molecule has 1 fully saturated rings. The van der Waals surface area contributed by atoms with Crippen molar-refractivity contribution in [1.29, 1.82) is 0 Å². The van der Waals surface area contributed by atoms with Crippen molar-refractivity contribution in [3.63, 3.8) is 0 Å². The maximum absolute atomic E-state index is 5.68. The van der Waals surface area contributed by atoms with Crippen LogP contribution < -0.4 is 0 Å². The van der Waals surface area contributed by atoms with E-state index in [0.717, 1.165) is 11.5 Å². The Hall–Kier alpha value is -0.500. The highest BCUT2D eigenvalue weighted by atomic mass is 35.5. The van der Waals surface area contributed by atoms with Crippen LogP contribution in [-0.2, 0) is 5.88 Å². The van der Waals surface area contributed by atoms with Gasteiger partial charge < -0.3 is 4.42 Å². The summed E-state index contributed by atoms with van der Waals surface area (Å²) >= 11 is 5.68. The van der Waals surface area contributed by atoms with E-state index < -0.39 is 0 Å². The molecule has 0 radical (unpaired) electrons. The molecule has 0 N–H and O–H groups in total. The Balaban J connectivity index is 2.20. The third-order valence-corrected chi connectivity index (χ3v) is 2.53. The van der Waals surface area contributed by atoms with Gasteiger partial charge in [0.2, 0.25) is 0 Å². The Morgan fingerprint density at radius 3 is 3.00 bits per heavy atom. The van der Waals surface area contributed by atoms with Gasteiger partial charge in [-0.25, -0.2) is 4.98 Å². The van der Waals surface area contributed by atoms with Gasteiger partial charge in [0.25, 0.3) is 0 Å². The topological polar surface area (TPSA) is 26.0 Å². The Morgan fingerprint density at radius 1 is 1.64 bits per heavy atom. The van der Waals surface area contributed by atoms with E-state index >= 15 is 0 Å². The maximum Gasteiger partial charge on any atom is 0.181 e. The molecule has 11 heavy (non-hydrogen) atoms. The monoisotopic (exact) mass is 171 g/mol. The van der Waals surface area contributed by atoms with Gasteiger partial charge in [0.1, 0.15) is 5.76 Å². The molecule has 1 heterocycles. The third-order valence-electron chi connectivity index (χ3n) is 2.28. The molecule has 1 aromatic heterocycles. The van der Waals surface area contributed by atoms with Crippen LogP contribution in [-0.4, -0.2) is 4.98 Å². The Morgan fingerprint density at radius 2 is 2.45 bits per heavy atom. The van der Waals surface area contributed by atoms with Crippen LogP contribution in [0, 0.1) is 0 Å². The second kappa shape index (κ2) is 2.86. The van der Waals surface area contributed by atoms with E-state index in [9.17, 15) is 0 Å². The first-order chi connectivity index (χ1) is 5.42. The molecule has 2 rings (SSSR count). The van der Waals surface area contributed by atoms with Gasteiger partial charge in [0.15, 0.2) is 6.39 Å². The van der Waals surface area contributed by atoms with Crippen LogP contribution in [0.5, 0.6) is 0 Å². The summed E-state index contributed by atoms with van der Waals surface area (Å²) in [5, 5.41) is 0. The maximum atomic E-state index is 5.68. The molecule has 0 saturated heterocycles. The van der Waals surface area contributed by atoms with Crippen molar-refractivity contribution < 1.29 is 4.42 Å². The molecule has 1 aromatic rings. The van der Waals surface area contributed by atoms with Crippen molar-refractivity contribution in [2.75, 3.05) is 0 Å². The molecular formula is C8H10ClNO. The SMILES string of the molecule is ClCc1ncoc1C1CCC1. The van der Waals surface area contributed by atoms with E-state index in [0.29, 0.717) is 11.8 Å². The summed E-state index contributed by atoms with van der Waals surface area (Å²) in [4.78, 5) is 4.04. The highest BCUT2D eigenvalue weighted by Crippen LogP contribution is 2.37. The van der Waals surface area contributed by atoms with Crippen molar-refractivity contribution in [2.24, 2.45) is 0 Å². The first kappa shape index (κ1) is 7.17. The lowest BCUT2D eigenvalue weighted by Gasteiger charge is -2.23. The number of alkyl halides is 1. The summed E-state index contributed by atoms with van der Waals surface area (Å²) in [5.41, 5.74) is 0.927. The summed E-state index contributed by atoms with van der Waals surface area (Å²) in [7, 11) is 0. The number of aromatic nitrogens is 1. The Bertz CT molecular complexity index is 242. The average molecular weight is 172 g/mol. The van der Waals surface area contributed by atoms with Gasteiger partial charge in [-0.1, -0.05) is 6.42 Å². The summed E-state index contributed by atoms with van der Waals surface area (Å²) in [6.07, 6.45) is 5.27. The molecule has 1 aliphatic rings. The minimum absolute atomic E-state index is 0.475. The average Bonchev–Trinajstić information content (AvgIpc) is 2.32. The fraction of sp³-hybridized carbons (Fsp3) is 0.625. The van der Waals surface area contributed by atoms with Crippen LogP contribution in [0.2, 0.25) is 0 Å². The van der Waals surface area contributed by atoms with Crippen LogP contribution in [0.4, 0.5) is 0 Å². The van der Waals surface area contributed by atoms with Crippen molar-refractivity contribution in [1.82, 2.24) is 4.98 Å². The zero-order chi connectivity index (χ0) is 7.68. The van der Waals surface area contributed by atoms with Gasteiger partial charge in [-0.15, -0.1) is 11.6 Å². The summed E-state index contributed by atoms with van der Waals surface area (Å²) in [5.74, 6) is 2.10. The molecule has 1 saturated carbocycles. The zero-order valence-corrected chi connectivity index (χ0v) is 6.97. The minimum Gasteiger partial charge on any atom is -0.448 e. The Kier molecular flexibility index (Phi) is 1.86. The summed E-state index contributed by atoms with van der Waals surface area (Å²) < 4.78 is 5.26. The van der Waals surface area contributed by atoms with Gasteiger partial charge in [0, 0.05) is 5.92 Å². The molecule has 0 spiro atoms. The van der Waals surface area contributed by atoms with Gasteiger partial charge in [0.05, 0.1) is 11.6 Å². The Labute approximate surface area is 70.6 Å². The molecule has 0 bridgehead atoms. The predicted molar refractivity (Wildman–Crippen MR) is 42.7 cm³/mol. The molecule has 0 unspecified atom stereocenters. The van der Waals surface area contributed by atoms with Crippen LogP contribution >= 0.6 is 11.6 Å². The lowest BCUT2D eigenvalue weighted by molar-refractivity contribution is 0.344. The molecule has 2 nitrogen and oxygen atoms in total. The normalized spacial score (nSPS) is 18.3. The second-order valence-electron chi connectivity index (χ2n) is 2.92. The smallest absolute Gasteiger partial charge is 0.181 e. The van der Waals surface area contributed by atoms with E-state index in [4.69, 9.17) is 16.0 Å². The fourth-order valence-electron chi connectivity index (χ4n) is 1.38. The lowest BCUT2D eigenvalue weighted by atomic mass is 9.83. The standard InChI is InChI=1S/C8H10ClNO/c9-4-7-8(11-5-10-7)6-2-1-3-6/h5-6H,1-4H2. The van der Waals surface area contributed by atoms with Gasteiger partial charge >= 0.3 is 0 Å². The second-order valence-corrected chi connectivity index (χ2v) is 3.19.